The zero-order chi connectivity index (χ0) is 14.2. The van der Waals surface area contributed by atoms with Crippen molar-refractivity contribution in [3.8, 4) is 0 Å². The Bertz CT molecular complexity index is 630. The van der Waals surface area contributed by atoms with Gasteiger partial charge in [-0.05, 0) is 28.5 Å². The highest BCUT2D eigenvalue weighted by Gasteiger charge is 2.33. The molecule has 4 unspecified atom stereocenters. The lowest BCUT2D eigenvalue weighted by atomic mass is 10.0. The van der Waals surface area contributed by atoms with Gasteiger partial charge in [0.15, 0.2) is 0 Å². The highest BCUT2D eigenvalue weighted by molar-refractivity contribution is 8.93. The molecule has 0 N–H and O–H groups in total. The predicted octanol–water partition coefficient (Wildman–Crippen LogP) is 4.69. The van der Waals surface area contributed by atoms with Crippen LogP contribution < -0.4 is 0 Å². The minimum absolute atomic E-state index is 0.328. The van der Waals surface area contributed by atoms with E-state index in [-0.39, 0.29) is 0 Å². The molecule has 0 aromatic rings. The van der Waals surface area contributed by atoms with E-state index in [2.05, 4.69) is 49.5 Å². The van der Waals surface area contributed by atoms with E-state index in [0.717, 1.165) is 0 Å². The molecular formula is C15H14N2S4. The first kappa shape index (κ1) is 14.3. The number of thioether (sulfide) groups is 2. The third-order valence-corrected chi connectivity index (χ3v) is 9.35. The molecular weight excluding hydrogens is 336 g/mol. The summed E-state index contributed by atoms with van der Waals surface area (Å²) in [6, 6.07) is 0.659. The molecule has 2 aliphatic heterocycles. The Balaban J connectivity index is 1.36. The Morgan fingerprint density at radius 3 is 2.43 bits per heavy atom. The fourth-order valence-corrected chi connectivity index (χ4v) is 7.81. The second kappa shape index (κ2) is 6.07. The van der Waals surface area contributed by atoms with E-state index in [1.54, 1.807) is 21.6 Å². The van der Waals surface area contributed by atoms with Gasteiger partial charge < -0.3 is 0 Å². The molecule has 0 aromatic heterocycles. The molecule has 108 valence electrons. The van der Waals surface area contributed by atoms with Crippen LogP contribution in [-0.4, -0.2) is 31.3 Å². The Morgan fingerprint density at radius 1 is 0.905 bits per heavy atom. The van der Waals surface area contributed by atoms with Gasteiger partial charge in [-0.2, -0.15) is 0 Å². The lowest BCUT2D eigenvalue weighted by Gasteiger charge is -2.17. The number of allylic oxidation sites excluding steroid dienone is 4. The summed E-state index contributed by atoms with van der Waals surface area (Å²) in [7, 11) is 3.52. The summed E-state index contributed by atoms with van der Waals surface area (Å²) in [5, 5.41) is 0.997. The minimum atomic E-state index is 0.328. The van der Waals surface area contributed by atoms with Gasteiger partial charge in [-0.1, -0.05) is 71.6 Å². The molecule has 2 nitrogen and oxygen atoms in total. The van der Waals surface area contributed by atoms with E-state index in [0.29, 0.717) is 22.6 Å². The lowest BCUT2D eigenvalue weighted by molar-refractivity contribution is 0.827. The van der Waals surface area contributed by atoms with Crippen LogP contribution in [0.5, 0.6) is 0 Å². The zero-order valence-corrected chi connectivity index (χ0v) is 14.6. The Morgan fingerprint density at radius 2 is 1.62 bits per heavy atom. The van der Waals surface area contributed by atoms with Crippen LogP contribution >= 0.6 is 45.1 Å². The van der Waals surface area contributed by atoms with Crippen LogP contribution in [0.2, 0.25) is 0 Å². The van der Waals surface area contributed by atoms with Gasteiger partial charge in [-0.3, -0.25) is 9.98 Å². The van der Waals surface area contributed by atoms with Gasteiger partial charge in [-0.15, -0.1) is 0 Å². The molecule has 2 heterocycles. The molecule has 4 aliphatic rings. The first-order valence-corrected chi connectivity index (χ1v) is 10.7. The molecule has 6 heteroatoms. The SMILES string of the molecule is CC1=CC=CC2N=C(SSC3=NC4C=CC=CC4S3)SC12. The van der Waals surface area contributed by atoms with Crippen molar-refractivity contribution in [2.75, 3.05) is 0 Å². The largest absolute Gasteiger partial charge is 0.262 e. The topological polar surface area (TPSA) is 24.7 Å². The van der Waals surface area contributed by atoms with E-state index in [1.807, 2.05) is 23.5 Å². The molecule has 21 heavy (non-hydrogen) atoms. The second-order valence-corrected chi connectivity index (χ2v) is 10.0. The summed E-state index contributed by atoms with van der Waals surface area (Å²) in [6.45, 7) is 2.20. The van der Waals surface area contributed by atoms with E-state index in [9.17, 15) is 0 Å². The molecule has 4 rings (SSSR count). The van der Waals surface area contributed by atoms with E-state index in [1.165, 1.54) is 14.3 Å². The lowest BCUT2D eigenvalue weighted by Crippen LogP contribution is -2.18. The maximum Gasteiger partial charge on any atom is 0.137 e. The van der Waals surface area contributed by atoms with Crippen LogP contribution in [0.4, 0.5) is 0 Å². The van der Waals surface area contributed by atoms with Crippen LogP contribution in [-0.2, 0) is 0 Å². The van der Waals surface area contributed by atoms with Gasteiger partial charge in [0.25, 0.3) is 0 Å². The van der Waals surface area contributed by atoms with Gasteiger partial charge in [-0.25, -0.2) is 0 Å². The highest BCUT2D eigenvalue weighted by Crippen LogP contribution is 2.46. The van der Waals surface area contributed by atoms with Gasteiger partial charge in [0, 0.05) is 0 Å². The third-order valence-electron chi connectivity index (χ3n) is 3.64. The van der Waals surface area contributed by atoms with Crippen molar-refractivity contribution in [2.24, 2.45) is 9.98 Å². The van der Waals surface area contributed by atoms with Crippen molar-refractivity contribution in [1.82, 2.24) is 0 Å². The first-order valence-electron chi connectivity index (χ1n) is 6.83. The van der Waals surface area contributed by atoms with Crippen molar-refractivity contribution < 1.29 is 0 Å². The Labute approximate surface area is 141 Å². The molecule has 0 spiro atoms. The number of hydrogen-bond donors (Lipinski definition) is 0. The smallest absolute Gasteiger partial charge is 0.137 e. The summed E-state index contributed by atoms with van der Waals surface area (Å²) in [6.07, 6.45) is 15.2. The molecule has 0 aromatic carbocycles. The van der Waals surface area contributed by atoms with Crippen LogP contribution in [0.1, 0.15) is 6.92 Å². The summed E-state index contributed by atoms with van der Waals surface area (Å²) in [5.74, 6) is 0. The Kier molecular flexibility index (Phi) is 4.13. The quantitative estimate of drug-likeness (QED) is 0.592. The molecule has 0 bridgehead atoms. The number of aliphatic imine (C=N–C) groups is 2. The summed E-state index contributed by atoms with van der Waals surface area (Å²) < 4.78 is 2.35. The van der Waals surface area contributed by atoms with Crippen molar-refractivity contribution >= 4 is 53.9 Å². The van der Waals surface area contributed by atoms with Gasteiger partial charge >= 0.3 is 0 Å². The average Bonchev–Trinajstić information content (AvgIpc) is 3.09. The predicted molar refractivity (Wildman–Crippen MR) is 102 cm³/mol. The third kappa shape index (κ3) is 2.96. The summed E-state index contributed by atoms with van der Waals surface area (Å²) in [5.41, 5.74) is 1.42. The monoisotopic (exact) mass is 350 g/mol. The van der Waals surface area contributed by atoms with Crippen molar-refractivity contribution in [2.45, 2.75) is 29.5 Å². The normalized spacial score (nSPS) is 36.1. The van der Waals surface area contributed by atoms with Crippen molar-refractivity contribution in [3.63, 3.8) is 0 Å². The molecule has 0 saturated heterocycles. The molecule has 4 atom stereocenters. The van der Waals surface area contributed by atoms with Gasteiger partial charge in [0.05, 0.1) is 22.6 Å². The molecule has 0 radical (unpaired) electrons. The van der Waals surface area contributed by atoms with Gasteiger partial charge in [0.2, 0.25) is 0 Å². The number of nitrogens with zero attached hydrogens (tertiary/aromatic N) is 2. The van der Waals surface area contributed by atoms with E-state index >= 15 is 0 Å². The standard InChI is InChI=1S/C15H14N2S4/c1-9-5-4-7-11-13(9)19-15(17-11)21-20-14-16-10-6-2-3-8-12(10)18-14/h2-8,10-13H,1H3. The fraction of sp³-hybridized carbons (Fsp3) is 0.333. The highest BCUT2D eigenvalue weighted by atomic mass is 33.1. The maximum atomic E-state index is 4.81. The summed E-state index contributed by atoms with van der Waals surface area (Å²) >= 11 is 3.76. The molecule has 2 aliphatic carbocycles. The Hall–Kier alpha value is -0.300. The number of fused-ring (bicyclic) bond motifs is 2. The first-order chi connectivity index (χ1) is 10.3. The van der Waals surface area contributed by atoms with Crippen LogP contribution in [0.25, 0.3) is 0 Å². The minimum Gasteiger partial charge on any atom is -0.262 e. The van der Waals surface area contributed by atoms with Crippen molar-refractivity contribution in [1.29, 1.82) is 0 Å². The van der Waals surface area contributed by atoms with Gasteiger partial charge in [0.1, 0.15) is 8.75 Å². The van der Waals surface area contributed by atoms with E-state index < -0.39 is 0 Å². The zero-order valence-electron chi connectivity index (χ0n) is 11.4. The average molecular weight is 351 g/mol. The van der Waals surface area contributed by atoms with Crippen molar-refractivity contribution in [3.05, 3.63) is 48.1 Å². The van der Waals surface area contributed by atoms with Crippen LogP contribution in [0.15, 0.2) is 58.1 Å². The molecule has 0 fully saturated rings. The van der Waals surface area contributed by atoms with Crippen LogP contribution in [0.3, 0.4) is 0 Å². The number of hydrogen-bond acceptors (Lipinski definition) is 6. The maximum absolute atomic E-state index is 4.81. The molecule has 0 saturated carbocycles. The summed E-state index contributed by atoms with van der Waals surface area (Å²) in [4.78, 5) is 9.58. The van der Waals surface area contributed by atoms with Crippen LogP contribution in [0, 0.1) is 0 Å². The molecule has 0 amide bonds. The van der Waals surface area contributed by atoms with E-state index in [4.69, 9.17) is 9.98 Å². The fourth-order valence-electron chi connectivity index (χ4n) is 2.54. The second-order valence-electron chi connectivity index (χ2n) is 5.12. The number of rotatable bonds is 0.